The number of nitrogen functional groups attached to an aromatic ring is 1. The molecule has 0 saturated heterocycles. The van der Waals surface area contributed by atoms with Crippen molar-refractivity contribution in [2.75, 3.05) is 10.5 Å². The number of pyridine rings is 1. The molecule has 0 amide bonds. The van der Waals surface area contributed by atoms with Gasteiger partial charge >= 0.3 is 0 Å². The minimum atomic E-state index is -3.96. The molecule has 112 valence electrons. The third kappa shape index (κ3) is 3.53. The van der Waals surface area contributed by atoms with Crippen LogP contribution in [0.3, 0.4) is 0 Å². The first-order chi connectivity index (χ1) is 9.70. The quantitative estimate of drug-likeness (QED) is 0.718. The van der Waals surface area contributed by atoms with E-state index < -0.39 is 15.8 Å². The monoisotopic (exact) mass is 437 g/mol. The molecule has 9 heteroatoms. The number of halogens is 3. The van der Waals surface area contributed by atoms with Gasteiger partial charge in [-0.15, -0.1) is 0 Å². The predicted octanol–water partition coefficient (Wildman–Crippen LogP) is 3.44. The molecule has 0 aliphatic heterocycles. The summed E-state index contributed by atoms with van der Waals surface area (Å²) in [4.78, 5) is 3.73. The predicted molar refractivity (Wildman–Crippen MR) is 86.0 cm³/mol. The molecule has 0 unspecified atom stereocenters. The van der Waals surface area contributed by atoms with Gasteiger partial charge in [0, 0.05) is 10.7 Å². The topological polar surface area (TPSA) is 85.1 Å². The summed E-state index contributed by atoms with van der Waals surface area (Å²) in [5.74, 6) is -0.486. The molecule has 1 aromatic heterocycles. The Balaban J connectivity index is 2.43. The van der Waals surface area contributed by atoms with Crippen molar-refractivity contribution in [2.45, 2.75) is 11.8 Å². The van der Waals surface area contributed by atoms with Crippen LogP contribution in [0.2, 0.25) is 0 Å². The van der Waals surface area contributed by atoms with E-state index in [0.29, 0.717) is 0 Å². The van der Waals surface area contributed by atoms with Crippen molar-refractivity contribution in [1.82, 2.24) is 4.98 Å². The number of aromatic nitrogens is 1. The molecular formula is C12H10Br2FN3O2S. The van der Waals surface area contributed by atoms with Crippen LogP contribution in [0.1, 0.15) is 5.56 Å². The molecule has 2 rings (SSSR count). The summed E-state index contributed by atoms with van der Waals surface area (Å²) in [6.45, 7) is 1.80. The maximum atomic E-state index is 13.3. The number of sulfonamides is 1. The fraction of sp³-hybridized carbons (Fsp3) is 0.0833. The van der Waals surface area contributed by atoms with Gasteiger partial charge in [0.05, 0.1) is 10.2 Å². The third-order valence-electron chi connectivity index (χ3n) is 2.63. The highest BCUT2D eigenvalue weighted by Gasteiger charge is 2.20. The van der Waals surface area contributed by atoms with E-state index in [-0.39, 0.29) is 20.9 Å². The molecule has 5 nitrogen and oxygen atoms in total. The normalized spacial score (nSPS) is 11.4. The van der Waals surface area contributed by atoms with Crippen LogP contribution >= 0.6 is 31.9 Å². The summed E-state index contributed by atoms with van der Waals surface area (Å²) in [6.07, 6.45) is 1.48. The molecule has 0 spiro atoms. The van der Waals surface area contributed by atoms with E-state index in [1.165, 1.54) is 6.20 Å². The van der Waals surface area contributed by atoms with Gasteiger partial charge in [-0.3, -0.25) is 4.72 Å². The second kappa shape index (κ2) is 5.90. The Hall–Kier alpha value is -1.19. The number of benzene rings is 1. The van der Waals surface area contributed by atoms with Crippen molar-refractivity contribution < 1.29 is 12.8 Å². The molecular weight excluding hydrogens is 429 g/mol. The molecule has 0 fully saturated rings. The van der Waals surface area contributed by atoms with Crippen molar-refractivity contribution >= 4 is 53.4 Å². The van der Waals surface area contributed by atoms with Crippen molar-refractivity contribution in [3.8, 4) is 0 Å². The van der Waals surface area contributed by atoms with Crippen molar-refractivity contribution in [1.29, 1.82) is 0 Å². The van der Waals surface area contributed by atoms with Crippen LogP contribution in [0.5, 0.6) is 0 Å². The zero-order valence-corrected chi connectivity index (χ0v) is 14.7. The number of nitrogens with one attached hydrogen (secondary N) is 1. The molecule has 21 heavy (non-hydrogen) atoms. The Morgan fingerprint density at radius 1 is 1.24 bits per heavy atom. The third-order valence-corrected chi connectivity index (χ3v) is 5.48. The van der Waals surface area contributed by atoms with E-state index in [1.807, 2.05) is 0 Å². The van der Waals surface area contributed by atoms with E-state index in [0.717, 1.165) is 22.2 Å². The summed E-state index contributed by atoms with van der Waals surface area (Å²) < 4.78 is 41.0. The Kier molecular flexibility index (Phi) is 4.54. The Bertz CT molecular complexity index is 812. The summed E-state index contributed by atoms with van der Waals surface area (Å²) in [5, 5.41) is 0. The molecule has 0 aliphatic rings. The zero-order chi connectivity index (χ0) is 15.8. The molecule has 0 atom stereocenters. The first-order valence-electron chi connectivity index (χ1n) is 5.60. The minimum Gasteiger partial charge on any atom is -0.398 e. The smallest absolute Gasteiger partial charge is 0.265 e. The molecule has 0 aliphatic carbocycles. The molecule has 1 heterocycles. The lowest BCUT2D eigenvalue weighted by Gasteiger charge is -2.11. The second-order valence-electron chi connectivity index (χ2n) is 4.23. The van der Waals surface area contributed by atoms with Crippen LogP contribution in [0.25, 0.3) is 0 Å². The van der Waals surface area contributed by atoms with Crippen LogP contribution in [0.15, 0.2) is 38.2 Å². The Labute approximate surface area is 138 Å². The Morgan fingerprint density at radius 3 is 2.52 bits per heavy atom. The number of rotatable bonds is 3. The van der Waals surface area contributed by atoms with Gasteiger partial charge in [0.2, 0.25) is 0 Å². The van der Waals surface area contributed by atoms with Gasteiger partial charge in [0.15, 0.2) is 0 Å². The highest BCUT2D eigenvalue weighted by molar-refractivity contribution is 9.10. The fourth-order valence-corrected chi connectivity index (χ4v) is 3.42. The van der Waals surface area contributed by atoms with Gasteiger partial charge in [-0.25, -0.2) is 17.8 Å². The summed E-state index contributed by atoms with van der Waals surface area (Å²) in [7, 11) is -3.96. The number of nitrogens with two attached hydrogens (primary N) is 1. The average Bonchev–Trinajstić information content (AvgIpc) is 2.37. The van der Waals surface area contributed by atoms with Crippen LogP contribution in [-0.2, 0) is 10.0 Å². The first-order valence-corrected chi connectivity index (χ1v) is 8.67. The van der Waals surface area contributed by atoms with Crippen LogP contribution < -0.4 is 10.5 Å². The first kappa shape index (κ1) is 16.2. The summed E-state index contributed by atoms with van der Waals surface area (Å²) in [5.41, 5.74) is 6.21. The fourth-order valence-electron chi connectivity index (χ4n) is 1.56. The zero-order valence-electron chi connectivity index (χ0n) is 10.7. The van der Waals surface area contributed by atoms with Gasteiger partial charge in [-0.1, -0.05) is 0 Å². The number of hydrogen-bond acceptors (Lipinski definition) is 4. The number of anilines is 2. The van der Waals surface area contributed by atoms with Gasteiger partial charge in [0.25, 0.3) is 10.0 Å². The van der Waals surface area contributed by atoms with Crippen LogP contribution in [-0.4, -0.2) is 13.4 Å². The SMILES string of the molecule is Cc1cc(NS(=O)(=O)c2cc(Br)c(F)cc2N)ncc1Br. The van der Waals surface area contributed by atoms with Crippen LogP contribution in [0.4, 0.5) is 15.9 Å². The van der Waals surface area contributed by atoms with Gasteiger partial charge in [-0.05, 0) is 62.5 Å². The lowest BCUT2D eigenvalue weighted by molar-refractivity contribution is 0.599. The minimum absolute atomic E-state index is 0.0111. The van der Waals surface area contributed by atoms with E-state index in [9.17, 15) is 12.8 Å². The van der Waals surface area contributed by atoms with Crippen molar-refractivity contribution in [3.63, 3.8) is 0 Å². The van der Waals surface area contributed by atoms with Gasteiger partial charge in [0.1, 0.15) is 16.5 Å². The highest BCUT2D eigenvalue weighted by Crippen LogP contribution is 2.28. The van der Waals surface area contributed by atoms with Crippen molar-refractivity contribution in [2.24, 2.45) is 0 Å². The molecule has 2 aromatic rings. The van der Waals surface area contributed by atoms with Gasteiger partial charge < -0.3 is 5.73 Å². The highest BCUT2D eigenvalue weighted by atomic mass is 79.9. The number of nitrogens with zero attached hydrogens (tertiary/aromatic N) is 1. The molecule has 0 bridgehead atoms. The maximum Gasteiger partial charge on any atom is 0.265 e. The lowest BCUT2D eigenvalue weighted by Crippen LogP contribution is -2.16. The van der Waals surface area contributed by atoms with E-state index in [2.05, 4.69) is 41.6 Å². The maximum absolute atomic E-state index is 13.3. The van der Waals surface area contributed by atoms with E-state index in [1.54, 1.807) is 13.0 Å². The van der Waals surface area contributed by atoms with E-state index >= 15 is 0 Å². The van der Waals surface area contributed by atoms with E-state index in [4.69, 9.17) is 5.73 Å². The molecule has 0 radical (unpaired) electrons. The summed E-state index contributed by atoms with van der Waals surface area (Å²) in [6, 6.07) is 3.62. The van der Waals surface area contributed by atoms with Crippen molar-refractivity contribution in [3.05, 3.63) is 44.7 Å². The largest absolute Gasteiger partial charge is 0.398 e. The second-order valence-corrected chi connectivity index (χ2v) is 7.59. The van der Waals surface area contributed by atoms with Gasteiger partial charge in [-0.2, -0.15) is 0 Å². The lowest BCUT2D eigenvalue weighted by atomic mass is 10.3. The number of hydrogen-bond donors (Lipinski definition) is 2. The average molecular weight is 439 g/mol. The molecule has 1 aromatic carbocycles. The standard InChI is InChI=1S/C12H10Br2FN3O2S/c1-6-2-12(17-5-8(6)14)18-21(19,20)11-3-7(13)9(15)4-10(11)16/h2-5H,16H2,1H3,(H,17,18). The Morgan fingerprint density at radius 2 is 1.90 bits per heavy atom. The number of aryl methyl sites for hydroxylation is 1. The molecule has 3 N–H and O–H groups in total. The molecule has 0 saturated carbocycles. The summed E-state index contributed by atoms with van der Waals surface area (Å²) >= 11 is 6.21. The van der Waals surface area contributed by atoms with Crippen LogP contribution in [0, 0.1) is 12.7 Å².